The number of aromatic nitrogens is 1. The molecule has 1 fully saturated rings. The molecule has 6 nitrogen and oxygen atoms in total. The summed E-state index contributed by atoms with van der Waals surface area (Å²) < 4.78 is 11.4. The van der Waals surface area contributed by atoms with Gasteiger partial charge < -0.3 is 19.7 Å². The maximum absolute atomic E-state index is 12.9. The topological polar surface area (TPSA) is 63.7 Å². The Morgan fingerprint density at radius 3 is 2.69 bits per heavy atom. The van der Waals surface area contributed by atoms with Crippen LogP contribution in [0, 0.1) is 0 Å². The number of pyridine rings is 1. The number of ether oxygens (including phenoxy) is 2. The molecule has 0 aliphatic carbocycles. The molecule has 0 atom stereocenters. The lowest BCUT2D eigenvalue weighted by atomic mass is 10.1. The van der Waals surface area contributed by atoms with Crippen molar-refractivity contribution >= 4 is 17.4 Å². The average molecular weight is 353 g/mol. The van der Waals surface area contributed by atoms with Crippen molar-refractivity contribution in [2.45, 2.75) is 38.9 Å². The van der Waals surface area contributed by atoms with Gasteiger partial charge in [0.15, 0.2) is 11.5 Å². The van der Waals surface area contributed by atoms with Crippen LogP contribution in [0.15, 0.2) is 36.5 Å². The van der Waals surface area contributed by atoms with Crippen molar-refractivity contribution in [1.82, 2.24) is 4.98 Å². The third kappa shape index (κ3) is 3.31. The molecular formula is C20H23N3O3. The number of piperidine rings is 1. The summed E-state index contributed by atoms with van der Waals surface area (Å²) in [5, 5.41) is 2.95. The lowest BCUT2D eigenvalue weighted by molar-refractivity contribution is -0.0431. The van der Waals surface area contributed by atoms with Crippen LogP contribution in [-0.4, -0.2) is 29.8 Å². The highest BCUT2D eigenvalue weighted by molar-refractivity contribution is 6.07. The van der Waals surface area contributed by atoms with Crippen molar-refractivity contribution in [2.24, 2.45) is 0 Å². The van der Waals surface area contributed by atoms with Crippen LogP contribution in [0.4, 0.5) is 11.5 Å². The summed E-state index contributed by atoms with van der Waals surface area (Å²) in [5.41, 5.74) is 1.26. The van der Waals surface area contributed by atoms with Crippen LogP contribution in [0.1, 0.15) is 43.5 Å². The average Bonchev–Trinajstić information content (AvgIpc) is 2.95. The lowest BCUT2D eigenvalue weighted by Gasteiger charge is -2.29. The van der Waals surface area contributed by atoms with Gasteiger partial charge in [0, 0.05) is 44.9 Å². The number of nitrogens with zero attached hydrogens (tertiary/aromatic N) is 2. The molecule has 2 aliphatic heterocycles. The van der Waals surface area contributed by atoms with E-state index in [0.717, 1.165) is 31.7 Å². The number of fused-ring (bicyclic) bond motifs is 1. The molecule has 2 aromatic rings. The Balaban J connectivity index is 1.55. The van der Waals surface area contributed by atoms with Gasteiger partial charge in [0.05, 0.1) is 5.56 Å². The van der Waals surface area contributed by atoms with Crippen molar-refractivity contribution < 1.29 is 14.3 Å². The largest absolute Gasteiger partial charge is 0.449 e. The molecule has 1 amide bonds. The van der Waals surface area contributed by atoms with E-state index < -0.39 is 5.79 Å². The minimum Gasteiger partial charge on any atom is -0.449 e. The molecule has 4 rings (SSSR count). The molecular weight excluding hydrogens is 330 g/mol. The number of anilines is 2. The molecule has 0 unspecified atom stereocenters. The SMILES string of the molecule is CC1(C)Oc2ccc(NC(=O)c3cccnc3N3CCCCC3)cc2O1. The molecule has 26 heavy (non-hydrogen) atoms. The van der Waals surface area contributed by atoms with Crippen LogP contribution in [-0.2, 0) is 0 Å². The molecule has 2 aliphatic rings. The summed E-state index contributed by atoms with van der Waals surface area (Å²) >= 11 is 0. The molecule has 1 saturated heterocycles. The van der Waals surface area contributed by atoms with Crippen molar-refractivity contribution in [2.75, 3.05) is 23.3 Å². The number of amides is 1. The first-order valence-electron chi connectivity index (χ1n) is 9.05. The zero-order valence-electron chi connectivity index (χ0n) is 15.1. The van der Waals surface area contributed by atoms with Gasteiger partial charge in [-0.15, -0.1) is 0 Å². The van der Waals surface area contributed by atoms with Crippen molar-refractivity contribution in [3.63, 3.8) is 0 Å². The van der Waals surface area contributed by atoms with Crippen molar-refractivity contribution in [1.29, 1.82) is 0 Å². The Morgan fingerprint density at radius 2 is 1.88 bits per heavy atom. The Morgan fingerprint density at radius 1 is 1.12 bits per heavy atom. The summed E-state index contributed by atoms with van der Waals surface area (Å²) in [5.74, 6) is 1.22. The number of carbonyl (C=O) groups excluding carboxylic acids is 1. The van der Waals surface area contributed by atoms with Crippen molar-refractivity contribution in [3.8, 4) is 11.5 Å². The second-order valence-corrected chi connectivity index (χ2v) is 7.14. The third-order valence-electron chi connectivity index (χ3n) is 4.60. The van der Waals surface area contributed by atoms with Gasteiger partial charge in [-0.3, -0.25) is 4.79 Å². The fourth-order valence-corrected chi connectivity index (χ4v) is 3.43. The van der Waals surface area contributed by atoms with Gasteiger partial charge in [-0.2, -0.15) is 0 Å². The summed E-state index contributed by atoms with van der Waals surface area (Å²) in [4.78, 5) is 19.5. The molecule has 1 N–H and O–H groups in total. The van der Waals surface area contributed by atoms with Gasteiger partial charge in [0.25, 0.3) is 5.91 Å². The number of carbonyl (C=O) groups is 1. The number of benzene rings is 1. The summed E-state index contributed by atoms with van der Waals surface area (Å²) in [6, 6.07) is 9.04. The number of hydrogen-bond donors (Lipinski definition) is 1. The normalized spacial score (nSPS) is 17.8. The highest BCUT2D eigenvalue weighted by Gasteiger charge is 2.31. The first-order valence-corrected chi connectivity index (χ1v) is 9.05. The molecule has 0 saturated carbocycles. The van der Waals surface area contributed by atoms with Crippen LogP contribution in [0.2, 0.25) is 0 Å². The van der Waals surface area contributed by atoms with E-state index in [0.29, 0.717) is 22.7 Å². The van der Waals surface area contributed by atoms with E-state index in [2.05, 4.69) is 15.2 Å². The summed E-state index contributed by atoms with van der Waals surface area (Å²) in [7, 11) is 0. The second kappa shape index (κ2) is 6.52. The van der Waals surface area contributed by atoms with Crippen LogP contribution in [0.25, 0.3) is 0 Å². The van der Waals surface area contributed by atoms with Crippen LogP contribution < -0.4 is 19.7 Å². The second-order valence-electron chi connectivity index (χ2n) is 7.14. The van der Waals surface area contributed by atoms with Gasteiger partial charge in [0.1, 0.15) is 5.82 Å². The molecule has 3 heterocycles. The standard InChI is InChI=1S/C20H23N3O3/c1-20(2)25-16-9-8-14(13-17(16)26-20)22-19(24)15-7-6-10-21-18(15)23-11-4-3-5-12-23/h6-10,13H,3-5,11-12H2,1-2H3,(H,22,24). The van der Waals surface area contributed by atoms with E-state index in [1.54, 1.807) is 18.3 Å². The molecule has 0 bridgehead atoms. The number of nitrogens with one attached hydrogen (secondary N) is 1. The molecule has 0 spiro atoms. The molecule has 1 aromatic carbocycles. The molecule has 1 aromatic heterocycles. The van der Waals surface area contributed by atoms with Crippen molar-refractivity contribution in [3.05, 3.63) is 42.1 Å². The summed E-state index contributed by atoms with van der Waals surface area (Å²) in [6.07, 6.45) is 5.24. The number of rotatable bonds is 3. The van der Waals surface area contributed by atoms with E-state index in [1.807, 2.05) is 32.0 Å². The van der Waals surface area contributed by atoms with E-state index >= 15 is 0 Å². The maximum atomic E-state index is 12.9. The highest BCUT2D eigenvalue weighted by Crippen LogP contribution is 2.40. The smallest absolute Gasteiger partial charge is 0.259 e. The van der Waals surface area contributed by atoms with E-state index in [4.69, 9.17) is 9.47 Å². The third-order valence-corrected chi connectivity index (χ3v) is 4.60. The zero-order valence-corrected chi connectivity index (χ0v) is 15.1. The lowest BCUT2D eigenvalue weighted by Crippen LogP contribution is -2.32. The van der Waals surface area contributed by atoms with Gasteiger partial charge in [-0.25, -0.2) is 4.98 Å². The van der Waals surface area contributed by atoms with E-state index in [9.17, 15) is 4.79 Å². The van der Waals surface area contributed by atoms with Gasteiger partial charge in [-0.05, 0) is 43.5 Å². The number of hydrogen-bond acceptors (Lipinski definition) is 5. The molecule has 0 radical (unpaired) electrons. The molecule has 6 heteroatoms. The Labute approximate surface area is 153 Å². The first-order chi connectivity index (χ1) is 12.5. The first kappa shape index (κ1) is 16.7. The van der Waals surface area contributed by atoms with Gasteiger partial charge >= 0.3 is 0 Å². The van der Waals surface area contributed by atoms with Crippen LogP contribution in [0.5, 0.6) is 11.5 Å². The quantitative estimate of drug-likeness (QED) is 0.908. The van der Waals surface area contributed by atoms with E-state index in [1.165, 1.54) is 6.42 Å². The fourth-order valence-electron chi connectivity index (χ4n) is 3.43. The van der Waals surface area contributed by atoms with Gasteiger partial charge in [0.2, 0.25) is 5.79 Å². The van der Waals surface area contributed by atoms with Gasteiger partial charge in [-0.1, -0.05) is 0 Å². The fraction of sp³-hybridized carbons (Fsp3) is 0.400. The summed E-state index contributed by atoms with van der Waals surface area (Å²) in [6.45, 7) is 5.59. The Kier molecular flexibility index (Phi) is 4.18. The van der Waals surface area contributed by atoms with E-state index in [-0.39, 0.29) is 5.91 Å². The predicted molar refractivity (Wildman–Crippen MR) is 100 cm³/mol. The van der Waals surface area contributed by atoms with Crippen LogP contribution >= 0.6 is 0 Å². The monoisotopic (exact) mass is 353 g/mol. The Hall–Kier alpha value is -2.76. The minimum atomic E-state index is -0.685. The maximum Gasteiger partial charge on any atom is 0.259 e. The minimum absolute atomic E-state index is 0.170. The highest BCUT2D eigenvalue weighted by atomic mass is 16.7. The molecule has 136 valence electrons. The Bertz CT molecular complexity index is 829. The van der Waals surface area contributed by atoms with Crippen LogP contribution in [0.3, 0.4) is 0 Å². The predicted octanol–water partition coefficient (Wildman–Crippen LogP) is 3.83. The zero-order chi connectivity index (χ0) is 18.1.